The van der Waals surface area contributed by atoms with Crippen LogP contribution in [0, 0.1) is 6.92 Å². The number of aryl methyl sites for hydroxylation is 2. The fraction of sp³-hybridized carbons (Fsp3) is 0.667. The van der Waals surface area contributed by atoms with Crippen LogP contribution in [0.4, 0.5) is 0 Å². The van der Waals surface area contributed by atoms with Crippen molar-refractivity contribution in [3.05, 3.63) is 23.9 Å². The van der Waals surface area contributed by atoms with E-state index in [1.165, 1.54) is 11.0 Å². The summed E-state index contributed by atoms with van der Waals surface area (Å²) in [6.45, 7) is 3.09. The number of likely N-dealkylation sites (tertiary alicyclic amines) is 1. The summed E-state index contributed by atoms with van der Waals surface area (Å²) in [6, 6.07) is 0. The van der Waals surface area contributed by atoms with Gasteiger partial charge < -0.3 is 14.2 Å². The molecule has 2 saturated heterocycles. The topological polar surface area (TPSA) is 99.2 Å². The molecule has 4 rings (SSSR count). The number of hydrogen-bond donors (Lipinski definition) is 0. The monoisotopic (exact) mass is 332 g/mol. The number of amides is 1. The van der Waals surface area contributed by atoms with Gasteiger partial charge in [0.05, 0.1) is 5.60 Å². The summed E-state index contributed by atoms with van der Waals surface area (Å²) >= 11 is 0. The van der Waals surface area contributed by atoms with Gasteiger partial charge in [0.2, 0.25) is 5.82 Å². The van der Waals surface area contributed by atoms with Gasteiger partial charge in [0.25, 0.3) is 11.8 Å². The van der Waals surface area contributed by atoms with Crippen LogP contribution in [-0.4, -0.2) is 54.4 Å². The Morgan fingerprint density at radius 1 is 1.33 bits per heavy atom. The second-order valence-corrected chi connectivity index (χ2v) is 6.54. The highest BCUT2D eigenvalue weighted by molar-refractivity contribution is 5.90. The lowest BCUT2D eigenvalue weighted by molar-refractivity contribution is -0.0821. The van der Waals surface area contributed by atoms with Crippen LogP contribution >= 0.6 is 0 Å². The van der Waals surface area contributed by atoms with Gasteiger partial charge in [0.1, 0.15) is 12.4 Å². The van der Waals surface area contributed by atoms with Crippen molar-refractivity contribution in [3.8, 4) is 0 Å². The maximum atomic E-state index is 12.4. The zero-order valence-corrected chi connectivity index (χ0v) is 13.8. The zero-order chi connectivity index (χ0) is 16.7. The van der Waals surface area contributed by atoms with Crippen LogP contribution in [-0.2, 0) is 11.8 Å². The van der Waals surface area contributed by atoms with E-state index < -0.39 is 0 Å². The molecular formula is C15H20N6O3. The van der Waals surface area contributed by atoms with E-state index in [9.17, 15) is 4.79 Å². The fourth-order valence-electron chi connectivity index (χ4n) is 3.50. The van der Waals surface area contributed by atoms with Crippen LogP contribution in [0.3, 0.4) is 0 Å². The average molecular weight is 332 g/mol. The third-order valence-corrected chi connectivity index (χ3v) is 4.83. The molecule has 4 heterocycles. The van der Waals surface area contributed by atoms with Gasteiger partial charge in [-0.2, -0.15) is 4.98 Å². The Balaban J connectivity index is 1.38. The van der Waals surface area contributed by atoms with Gasteiger partial charge in [-0.05, 0) is 32.6 Å². The molecule has 2 aromatic heterocycles. The van der Waals surface area contributed by atoms with Gasteiger partial charge in [-0.15, -0.1) is 5.10 Å². The second-order valence-electron chi connectivity index (χ2n) is 6.54. The second kappa shape index (κ2) is 5.66. The van der Waals surface area contributed by atoms with Crippen molar-refractivity contribution in [1.82, 2.24) is 29.8 Å². The van der Waals surface area contributed by atoms with Gasteiger partial charge >= 0.3 is 0 Å². The van der Waals surface area contributed by atoms with Crippen LogP contribution in [0.15, 0.2) is 10.9 Å². The average Bonchev–Trinajstić information content (AvgIpc) is 3.28. The van der Waals surface area contributed by atoms with Gasteiger partial charge in [0, 0.05) is 20.1 Å². The van der Waals surface area contributed by atoms with Crippen LogP contribution in [0.25, 0.3) is 0 Å². The minimum absolute atomic E-state index is 0.118. The minimum atomic E-state index is -0.193. The molecule has 0 aromatic carbocycles. The van der Waals surface area contributed by atoms with Crippen LogP contribution in [0.5, 0.6) is 0 Å². The fourth-order valence-corrected chi connectivity index (χ4v) is 3.50. The van der Waals surface area contributed by atoms with Gasteiger partial charge in [-0.1, -0.05) is 5.16 Å². The minimum Gasteiger partial charge on any atom is -0.362 e. The molecule has 0 radical (unpaired) electrons. The molecule has 1 amide bonds. The zero-order valence-electron chi connectivity index (χ0n) is 13.8. The van der Waals surface area contributed by atoms with E-state index in [0.717, 1.165) is 25.7 Å². The first-order valence-electron chi connectivity index (χ1n) is 8.18. The molecular weight excluding hydrogens is 312 g/mol. The van der Waals surface area contributed by atoms with Crippen molar-refractivity contribution in [1.29, 1.82) is 0 Å². The van der Waals surface area contributed by atoms with Crippen molar-refractivity contribution in [2.24, 2.45) is 7.05 Å². The number of piperidine rings is 1. The molecule has 128 valence electrons. The molecule has 0 N–H and O–H groups in total. The summed E-state index contributed by atoms with van der Waals surface area (Å²) in [4.78, 5) is 22.5. The molecule has 0 saturated carbocycles. The summed E-state index contributed by atoms with van der Waals surface area (Å²) < 4.78 is 13.0. The van der Waals surface area contributed by atoms with Crippen molar-refractivity contribution in [3.63, 3.8) is 0 Å². The number of aromatic nitrogens is 5. The molecule has 9 nitrogen and oxygen atoms in total. The summed E-state index contributed by atoms with van der Waals surface area (Å²) in [5.74, 6) is 1.31. The molecule has 0 bridgehead atoms. The highest BCUT2D eigenvalue weighted by Crippen LogP contribution is 2.44. The van der Waals surface area contributed by atoms with Crippen LogP contribution in [0.1, 0.15) is 54.1 Å². The Kier molecular flexibility index (Phi) is 3.60. The largest absolute Gasteiger partial charge is 0.362 e. The van der Waals surface area contributed by atoms with E-state index in [2.05, 4.69) is 20.2 Å². The summed E-state index contributed by atoms with van der Waals surface area (Å²) in [5.41, 5.74) is -0.193. The number of rotatable bonds is 2. The molecule has 9 heteroatoms. The number of ether oxygens (including phenoxy) is 1. The maximum absolute atomic E-state index is 12.4. The molecule has 2 aromatic rings. The molecule has 1 spiro atoms. The first-order valence-corrected chi connectivity index (χ1v) is 8.18. The third kappa shape index (κ3) is 2.68. The summed E-state index contributed by atoms with van der Waals surface area (Å²) in [5, 5.41) is 7.92. The smallest absolute Gasteiger partial charge is 0.293 e. The summed E-state index contributed by atoms with van der Waals surface area (Å²) in [6.07, 6.45) is 4.83. The van der Waals surface area contributed by atoms with Crippen molar-refractivity contribution in [2.45, 2.75) is 44.3 Å². The predicted molar refractivity (Wildman–Crippen MR) is 81.0 cm³/mol. The van der Waals surface area contributed by atoms with E-state index in [1.54, 1.807) is 18.9 Å². The Morgan fingerprint density at radius 3 is 2.75 bits per heavy atom. The molecule has 2 fully saturated rings. The number of carbonyl (C=O) groups excluding carboxylic acids is 1. The number of carbonyl (C=O) groups is 1. The first-order chi connectivity index (χ1) is 11.5. The molecule has 1 unspecified atom stereocenters. The van der Waals surface area contributed by atoms with E-state index in [-0.39, 0.29) is 23.4 Å². The standard InChI is InChI=1S/C15H20N6O3/c1-10-17-13(24-19-10)11-3-4-15(23-11)5-7-21(8-6-15)14(22)12-16-9-20(2)18-12/h9,11H,3-8H2,1-2H3. The SMILES string of the molecule is Cc1noc(C2CCC3(CCN(C(=O)c4ncn(C)n4)CC3)O2)n1. The van der Waals surface area contributed by atoms with Gasteiger partial charge in [0.15, 0.2) is 5.82 Å². The highest BCUT2D eigenvalue weighted by Gasteiger charge is 2.45. The quantitative estimate of drug-likeness (QED) is 0.810. The highest BCUT2D eigenvalue weighted by atomic mass is 16.5. The lowest BCUT2D eigenvalue weighted by Crippen LogP contribution is -2.46. The molecule has 24 heavy (non-hydrogen) atoms. The molecule has 0 aliphatic carbocycles. The Bertz CT molecular complexity index is 746. The van der Waals surface area contributed by atoms with Gasteiger partial charge in [-0.25, -0.2) is 4.98 Å². The van der Waals surface area contributed by atoms with Gasteiger partial charge in [-0.3, -0.25) is 9.48 Å². The van der Waals surface area contributed by atoms with Crippen LogP contribution in [0.2, 0.25) is 0 Å². The first kappa shape index (κ1) is 15.3. The van der Waals surface area contributed by atoms with E-state index in [4.69, 9.17) is 9.26 Å². The Labute approximate surface area is 139 Å². The van der Waals surface area contributed by atoms with E-state index in [1.807, 2.05) is 0 Å². The van der Waals surface area contributed by atoms with Crippen LogP contribution < -0.4 is 0 Å². The third-order valence-electron chi connectivity index (χ3n) is 4.83. The lowest BCUT2D eigenvalue weighted by atomic mass is 9.88. The van der Waals surface area contributed by atoms with Crippen molar-refractivity contribution >= 4 is 5.91 Å². The van der Waals surface area contributed by atoms with E-state index in [0.29, 0.717) is 24.8 Å². The molecule has 2 aliphatic heterocycles. The Morgan fingerprint density at radius 2 is 2.12 bits per heavy atom. The lowest BCUT2D eigenvalue weighted by Gasteiger charge is -2.38. The summed E-state index contributed by atoms with van der Waals surface area (Å²) in [7, 11) is 1.75. The predicted octanol–water partition coefficient (Wildman–Crippen LogP) is 1.03. The molecule has 1 atom stereocenters. The molecule has 2 aliphatic rings. The maximum Gasteiger partial charge on any atom is 0.293 e. The Hall–Kier alpha value is -2.29. The normalized spacial score (nSPS) is 23.1. The van der Waals surface area contributed by atoms with Crippen molar-refractivity contribution < 1.29 is 14.1 Å². The van der Waals surface area contributed by atoms with Crippen molar-refractivity contribution in [2.75, 3.05) is 13.1 Å². The number of nitrogens with zero attached hydrogens (tertiary/aromatic N) is 6. The van der Waals surface area contributed by atoms with E-state index >= 15 is 0 Å². The number of hydrogen-bond acceptors (Lipinski definition) is 7.